The van der Waals surface area contributed by atoms with Gasteiger partial charge in [-0.25, -0.2) is 4.79 Å². The number of aliphatic carboxylic acids is 1. The number of carboxylic acid groups (broad SMARTS) is 1. The predicted octanol–water partition coefficient (Wildman–Crippen LogP) is 1.38. The van der Waals surface area contributed by atoms with Crippen molar-refractivity contribution in [2.75, 3.05) is 6.79 Å². The van der Waals surface area contributed by atoms with Gasteiger partial charge in [-0.15, -0.1) is 0 Å². The van der Waals surface area contributed by atoms with Crippen molar-refractivity contribution >= 4 is 11.7 Å². The SMILES string of the molecule is C[C@@]1(C(=O)O)CC(c2ccc3c(c2)OCO3)=NO1. The first-order valence-electron chi connectivity index (χ1n) is 5.47. The van der Waals surface area contributed by atoms with Crippen LogP contribution in [0.4, 0.5) is 0 Å². The van der Waals surface area contributed by atoms with Crippen molar-refractivity contribution in [1.82, 2.24) is 0 Å². The fraction of sp³-hybridized carbons (Fsp3) is 0.333. The number of hydrogen-bond acceptors (Lipinski definition) is 5. The Kier molecular flexibility index (Phi) is 2.19. The number of benzene rings is 1. The van der Waals surface area contributed by atoms with Gasteiger partial charge in [0, 0.05) is 12.0 Å². The van der Waals surface area contributed by atoms with E-state index in [1.54, 1.807) is 12.1 Å². The van der Waals surface area contributed by atoms with Gasteiger partial charge < -0.3 is 19.4 Å². The number of fused-ring (bicyclic) bond motifs is 1. The van der Waals surface area contributed by atoms with E-state index in [1.165, 1.54) is 6.92 Å². The third-order valence-corrected chi connectivity index (χ3v) is 3.02. The average Bonchev–Trinajstić information content (AvgIpc) is 2.95. The van der Waals surface area contributed by atoms with Crippen molar-refractivity contribution in [1.29, 1.82) is 0 Å². The van der Waals surface area contributed by atoms with Gasteiger partial charge in [-0.1, -0.05) is 5.16 Å². The van der Waals surface area contributed by atoms with Crippen LogP contribution in [0.25, 0.3) is 0 Å². The van der Waals surface area contributed by atoms with Crippen LogP contribution >= 0.6 is 0 Å². The van der Waals surface area contributed by atoms with Crippen LogP contribution in [0.15, 0.2) is 23.4 Å². The highest BCUT2D eigenvalue weighted by Gasteiger charge is 2.42. The van der Waals surface area contributed by atoms with Crippen LogP contribution in [0.3, 0.4) is 0 Å². The van der Waals surface area contributed by atoms with Gasteiger partial charge in [-0.3, -0.25) is 0 Å². The first kappa shape index (κ1) is 10.9. The van der Waals surface area contributed by atoms with Crippen molar-refractivity contribution in [3.05, 3.63) is 23.8 Å². The van der Waals surface area contributed by atoms with E-state index in [4.69, 9.17) is 19.4 Å². The topological polar surface area (TPSA) is 77.4 Å². The lowest BCUT2D eigenvalue weighted by Gasteiger charge is -2.14. The summed E-state index contributed by atoms with van der Waals surface area (Å²) in [6.45, 7) is 1.70. The van der Waals surface area contributed by atoms with Crippen molar-refractivity contribution < 1.29 is 24.2 Å². The van der Waals surface area contributed by atoms with Gasteiger partial charge in [-0.05, 0) is 25.1 Å². The first-order valence-corrected chi connectivity index (χ1v) is 5.47. The molecule has 6 nitrogen and oxygen atoms in total. The smallest absolute Gasteiger partial charge is 0.351 e. The standard InChI is InChI=1S/C12H11NO5/c1-12(11(14)15)5-8(13-18-12)7-2-3-9-10(4-7)17-6-16-9/h2-4H,5-6H2,1H3,(H,14,15)/t12-/m0/s1. The largest absolute Gasteiger partial charge is 0.478 e. The molecule has 0 saturated heterocycles. The van der Waals surface area contributed by atoms with E-state index < -0.39 is 11.6 Å². The summed E-state index contributed by atoms with van der Waals surface area (Å²) < 4.78 is 10.5. The normalized spacial score (nSPS) is 24.6. The molecule has 0 amide bonds. The van der Waals surface area contributed by atoms with E-state index in [0.29, 0.717) is 17.2 Å². The summed E-state index contributed by atoms with van der Waals surface area (Å²) >= 11 is 0. The molecule has 2 aliphatic heterocycles. The van der Waals surface area contributed by atoms with E-state index in [-0.39, 0.29) is 13.2 Å². The summed E-state index contributed by atoms with van der Waals surface area (Å²) in [7, 11) is 0. The summed E-state index contributed by atoms with van der Waals surface area (Å²) in [6.07, 6.45) is 0.224. The van der Waals surface area contributed by atoms with Gasteiger partial charge in [0.2, 0.25) is 12.4 Å². The maximum Gasteiger partial charge on any atom is 0.351 e. The molecule has 94 valence electrons. The van der Waals surface area contributed by atoms with Gasteiger partial charge in [0.05, 0.1) is 5.71 Å². The predicted molar refractivity (Wildman–Crippen MR) is 60.8 cm³/mol. The Bertz CT molecular complexity index is 553. The molecule has 0 fully saturated rings. The molecule has 0 aromatic heterocycles. The number of rotatable bonds is 2. The summed E-state index contributed by atoms with van der Waals surface area (Å²) in [4.78, 5) is 16.0. The van der Waals surface area contributed by atoms with Gasteiger partial charge in [0.25, 0.3) is 0 Å². The molecular weight excluding hydrogens is 238 g/mol. The molecule has 18 heavy (non-hydrogen) atoms. The first-order chi connectivity index (χ1) is 8.58. The van der Waals surface area contributed by atoms with Crippen LogP contribution < -0.4 is 9.47 Å². The molecule has 6 heteroatoms. The number of ether oxygens (including phenoxy) is 2. The molecular formula is C12H11NO5. The molecule has 1 N–H and O–H groups in total. The minimum absolute atomic E-state index is 0.203. The molecule has 0 bridgehead atoms. The number of hydrogen-bond donors (Lipinski definition) is 1. The molecule has 2 heterocycles. The van der Waals surface area contributed by atoms with Crippen LogP contribution in [0, 0.1) is 0 Å². The Hall–Kier alpha value is -2.24. The second kappa shape index (κ2) is 3.63. The van der Waals surface area contributed by atoms with Gasteiger partial charge in [0.15, 0.2) is 11.5 Å². The zero-order chi connectivity index (χ0) is 12.8. The van der Waals surface area contributed by atoms with Crippen LogP contribution in [-0.4, -0.2) is 29.2 Å². The van der Waals surface area contributed by atoms with Gasteiger partial charge >= 0.3 is 5.97 Å². The van der Waals surface area contributed by atoms with E-state index in [9.17, 15) is 4.79 Å². The average molecular weight is 249 g/mol. The molecule has 1 aromatic carbocycles. The molecule has 1 atom stereocenters. The Labute approximate surface area is 103 Å². The quantitative estimate of drug-likeness (QED) is 0.856. The third-order valence-electron chi connectivity index (χ3n) is 3.02. The molecule has 0 saturated carbocycles. The van der Waals surface area contributed by atoms with Crippen LogP contribution in [0.1, 0.15) is 18.9 Å². The fourth-order valence-electron chi connectivity index (χ4n) is 1.89. The highest BCUT2D eigenvalue weighted by molar-refractivity contribution is 6.04. The monoisotopic (exact) mass is 249 g/mol. The maximum absolute atomic E-state index is 11.0. The van der Waals surface area contributed by atoms with E-state index >= 15 is 0 Å². The summed E-state index contributed by atoms with van der Waals surface area (Å²) in [6, 6.07) is 5.36. The number of nitrogens with zero attached hydrogens (tertiary/aromatic N) is 1. The lowest BCUT2D eigenvalue weighted by Crippen LogP contribution is -2.35. The lowest BCUT2D eigenvalue weighted by molar-refractivity contribution is -0.160. The number of carbonyl (C=O) groups is 1. The Morgan fingerprint density at radius 2 is 2.17 bits per heavy atom. The molecule has 0 aliphatic carbocycles. The highest BCUT2D eigenvalue weighted by Crippen LogP contribution is 2.35. The molecule has 0 radical (unpaired) electrons. The maximum atomic E-state index is 11.0. The Morgan fingerprint density at radius 3 is 2.89 bits per heavy atom. The van der Waals surface area contributed by atoms with Crippen LogP contribution in [0.2, 0.25) is 0 Å². The summed E-state index contributed by atoms with van der Waals surface area (Å²) in [5.74, 6) is 0.292. The second-order valence-corrected chi connectivity index (χ2v) is 4.41. The molecule has 3 rings (SSSR count). The number of oxime groups is 1. The van der Waals surface area contributed by atoms with Crippen molar-refractivity contribution in [2.45, 2.75) is 18.9 Å². The second-order valence-electron chi connectivity index (χ2n) is 4.41. The zero-order valence-corrected chi connectivity index (χ0v) is 9.67. The molecule has 2 aliphatic rings. The third kappa shape index (κ3) is 1.57. The number of carboxylic acids is 1. The van der Waals surface area contributed by atoms with Crippen molar-refractivity contribution in [2.24, 2.45) is 5.16 Å². The Morgan fingerprint density at radius 1 is 1.39 bits per heavy atom. The minimum atomic E-state index is -1.29. The van der Waals surface area contributed by atoms with Gasteiger partial charge in [0.1, 0.15) is 0 Å². The molecule has 0 spiro atoms. The van der Waals surface area contributed by atoms with E-state index in [1.807, 2.05) is 6.07 Å². The highest BCUT2D eigenvalue weighted by atomic mass is 16.7. The summed E-state index contributed by atoms with van der Waals surface area (Å²) in [5, 5.41) is 12.9. The van der Waals surface area contributed by atoms with Crippen LogP contribution in [-0.2, 0) is 9.63 Å². The van der Waals surface area contributed by atoms with Crippen LogP contribution in [0.5, 0.6) is 11.5 Å². The molecule has 0 unspecified atom stereocenters. The minimum Gasteiger partial charge on any atom is -0.478 e. The molecule has 1 aromatic rings. The fourth-order valence-corrected chi connectivity index (χ4v) is 1.89. The Balaban J connectivity index is 1.87. The zero-order valence-electron chi connectivity index (χ0n) is 9.67. The van der Waals surface area contributed by atoms with Gasteiger partial charge in [-0.2, -0.15) is 0 Å². The van der Waals surface area contributed by atoms with Crippen molar-refractivity contribution in [3.8, 4) is 11.5 Å². The summed E-state index contributed by atoms with van der Waals surface area (Å²) in [5.41, 5.74) is 0.0912. The van der Waals surface area contributed by atoms with E-state index in [0.717, 1.165) is 5.56 Å². The van der Waals surface area contributed by atoms with Crippen molar-refractivity contribution in [3.63, 3.8) is 0 Å². The van der Waals surface area contributed by atoms with E-state index in [2.05, 4.69) is 5.16 Å². The lowest BCUT2D eigenvalue weighted by atomic mass is 9.96.